The lowest BCUT2D eigenvalue weighted by Gasteiger charge is -2.37. The van der Waals surface area contributed by atoms with Crippen LogP contribution in [0.1, 0.15) is 70.6 Å². The summed E-state index contributed by atoms with van der Waals surface area (Å²) in [6, 6.07) is 0. The SMILES string of the molecule is C=CCCCCCCCCCCCCO[C@@H]1[C@@H](O)[C@H](O)CO[C@H]1CO. The van der Waals surface area contributed by atoms with Gasteiger partial charge in [0.05, 0.1) is 13.2 Å². The molecule has 25 heavy (non-hydrogen) atoms. The molecule has 148 valence electrons. The minimum atomic E-state index is -0.989. The van der Waals surface area contributed by atoms with Crippen LogP contribution in [0.3, 0.4) is 0 Å². The summed E-state index contributed by atoms with van der Waals surface area (Å²) in [6.45, 7) is 4.10. The fourth-order valence-electron chi connectivity index (χ4n) is 3.24. The summed E-state index contributed by atoms with van der Waals surface area (Å²) in [5, 5.41) is 28.9. The molecule has 0 radical (unpaired) electrons. The molecule has 1 fully saturated rings. The van der Waals surface area contributed by atoms with Gasteiger partial charge >= 0.3 is 0 Å². The van der Waals surface area contributed by atoms with Gasteiger partial charge in [0.1, 0.15) is 24.4 Å². The van der Waals surface area contributed by atoms with Crippen LogP contribution in [0.5, 0.6) is 0 Å². The lowest BCUT2D eigenvalue weighted by Crippen LogP contribution is -2.55. The number of aliphatic hydroxyl groups is 3. The highest BCUT2D eigenvalue weighted by Crippen LogP contribution is 2.19. The number of hydrogen-bond acceptors (Lipinski definition) is 5. The minimum absolute atomic E-state index is 0.0422. The molecular formula is C20H38O5. The quantitative estimate of drug-likeness (QED) is 0.310. The number of aliphatic hydroxyl groups excluding tert-OH is 3. The molecule has 0 aliphatic carbocycles. The van der Waals surface area contributed by atoms with Crippen molar-refractivity contribution in [3.63, 3.8) is 0 Å². The highest BCUT2D eigenvalue weighted by molar-refractivity contribution is 4.87. The van der Waals surface area contributed by atoms with Crippen molar-refractivity contribution in [2.45, 2.75) is 95.0 Å². The third kappa shape index (κ3) is 9.71. The molecule has 4 atom stereocenters. The van der Waals surface area contributed by atoms with E-state index in [0.29, 0.717) is 6.61 Å². The van der Waals surface area contributed by atoms with E-state index in [2.05, 4.69) is 6.58 Å². The predicted molar refractivity (Wildman–Crippen MR) is 99.6 cm³/mol. The Bertz CT molecular complexity index is 321. The number of unbranched alkanes of at least 4 members (excludes halogenated alkanes) is 10. The van der Waals surface area contributed by atoms with Gasteiger partial charge in [-0.05, 0) is 19.3 Å². The van der Waals surface area contributed by atoms with Crippen LogP contribution in [0, 0.1) is 0 Å². The maximum Gasteiger partial charge on any atom is 0.114 e. The Morgan fingerprint density at radius 3 is 2.04 bits per heavy atom. The number of hydrogen-bond donors (Lipinski definition) is 3. The second kappa shape index (κ2) is 14.7. The van der Waals surface area contributed by atoms with E-state index in [1.807, 2.05) is 6.08 Å². The molecule has 1 aliphatic heterocycles. The molecule has 0 unspecified atom stereocenters. The fraction of sp³-hybridized carbons (Fsp3) is 0.900. The first-order valence-electron chi connectivity index (χ1n) is 10.0. The second-order valence-electron chi connectivity index (χ2n) is 7.06. The fourth-order valence-corrected chi connectivity index (χ4v) is 3.24. The third-order valence-corrected chi connectivity index (χ3v) is 4.87. The Hall–Kier alpha value is -0.460. The zero-order valence-corrected chi connectivity index (χ0v) is 15.7. The lowest BCUT2D eigenvalue weighted by atomic mass is 10.0. The first kappa shape index (κ1) is 22.6. The summed E-state index contributed by atoms with van der Waals surface area (Å²) in [5.41, 5.74) is 0. The molecule has 0 amide bonds. The molecule has 0 aromatic rings. The van der Waals surface area contributed by atoms with E-state index in [0.717, 1.165) is 19.3 Å². The topological polar surface area (TPSA) is 79.2 Å². The van der Waals surface area contributed by atoms with Crippen molar-refractivity contribution in [2.75, 3.05) is 19.8 Å². The molecule has 5 heteroatoms. The van der Waals surface area contributed by atoms with Crippen molar-refractivity contribution >= 4 is 0 Å². The van der Waals surface area contributed by atoms with Crippen LogP contribution in [0.25, 0.3) is 0 Å². The average molecular weight is 359 g/mol. The van der Waals surface area contributed by atoms with Gasteiger partial charge in [-0.3, -0.25) is 0 Å². The number of allylic oxidation sites excluding steroid dienone is 1. The molecule has 5 nitrogen and oxygen atoms in total. The third-order valence-electron chi connectivity index (χ3n) is 4.87. The van der Waals surface area contributed by atoms with Gasteiger partial charge in [0, 0.05) is 6.61 Å². The Labute approximate surface area is 153 Å². The van der Waals surface area contributed by atoms with Crippen molar-refractivity contribution in [3.8, 4) is 0 Å². The van der Waals surface area contributed by atoms with E-state index >= 15 is 0 Å². The van der Waals surface area contributed by atoms with E-state index in [9.17, 15) is 15.3 Å². The van der Waals surface area contributed by atoms with E-state index in [1.54, 1.807) is 0 Å². The first-order valence-corrected chi connectivity index (χ1v) is 10.0. The molecule has 1 aliphatic rings. The smallest absolute Gasteiger partial charge is 0.114 e. The molecule has 0 spiro atoms. The van der Waals surface area contributed by atoms with Crippen molar-refractivity contribution in [1.82, 2.24) is 0 Å². The normalized spacial score (nSPS) is 26.7. The van der Waals surface area contributed by atoms with E-state index in [-0.39, 0.29) is 13.2 Å². The maximum absolute atomic E-state index is 9.96. The van der Waals surface area contributed by atoms with Gasteiger partial charge in [-0.2, -0.15) is 0 Å². The molecule has 1 saturated heterocycles. The van der Waals surface area contributed by atoms with Gasteiger partial charge in [0.25, 0.3) is 0 Å². The second-order valence-corrected chi connectivity index (χ2v) is 7.06. The summed E-state index contributed by atoms with van der Waals surface area (Å²) in [4.78, 5) is 0. The van der Waals surface area contributed by atoms with Crippen LogP contribution in [0.15, 0.2) is 12.7 Å². The molecule has 0 saturated carbocycles. The zero-order valence-electron chi connectivity index (χ0n) is 15.7. The van der Waals surface area contributed by atoms with Crippen LogP contribution < -0.4 is 0 Å². The van der Waals surface area contributed by atoms with Gasteiger partial charge in [-0.25, -0.2) is 0 Å². The molecular weight excluding hydrogens is 320 g/mol. The van der Waals surface area contributed by atoms with Crippen molar-refractivity contribution in [1.29, 1.82) is 0 Å². The highest BCUT2D eigenvalue weighted by Gasteiger charge is 2.39. The maximum atomic E-state index is 9.96. The van der Waals surface area contributed by atoms with Crippen LogP contribution >= 0.6 is 0 Å². The predicted octanol–water partition coefficient (Wildman–Crippen LogP) is 2.96. The van der Waals surface area contributed by atoms with Crippen LogP contribution in [0.4, 0.5) is 0 Å². The zero-order chi connectivity index (χ0) is 18.3. The molecule has 0 aromatic heterocycles. The van der Waals surface area contributed by atoms with Crippen LogP contribution in [-0.2, 0) is 9.47 Å². The molecule has 3 N–H and O–H groups in total. The summed E-state index contributed by atoms with van der Waals surface area (Å²) < 4.78 is 11.0. The largest absolute Gasteiger partial charge is 0.394 e. The minimum Gasteiger partial charge on any atom is -0.394 e. The first-order chi connectivity index (χ1) is 12.2. The van der Waals surface area contributed by atoms with Crippen molar-refractivity contribution in [3.05, 3.63) is 12.7 Å². The van der Waals surface area contributed by atoms with E-state index in [4.69, 9.17) is 9.47 Å². The highest BCUT2D eigenvalue weighted by atomic mass is 16.6. The van der Waals surface area contributed by atoms with Gasteiger partial charge < -0.3 is 24.8 Å². The Balaban J connectivity index is 1.93. The number of ether oxygens (including phenoxy) is 2. The molecule has 1 heterocycles. The Kier molecular flexibility index (Phi) is 13.3. The summed E-state index contributed by atoms with van der Waals surface area (Å²) >= 11 is 0. The van der Waals surface area contributed by atoms with Crippen molar-refractivity contribution in [2.24, 2.45) is 0 Å². The number of rotatable bonds is 15. The summed E-state index contributed by atoms with van der Waals surface area (Å²) in [5.74, 6) is 0. The molecule has 0 aromatic carbocycles. The summed E-state index contributed by atoms with van der Waals surface area (Å²) in [7, 11) is 0. The van der Waals surface area contributed by atoms with Gasteiger partial charge in [-0.15, -0.1) is 6.58 Å². The standard InChI is InChI=1S/C20H38O5/c1-2-3-4-5-6-7-8-9-10-11-12-13-14-24-20-18(15-21)25-16-17(22)19(20)23/h2,17-23H,1,3-16H2/t17-,18+,19+,20+/m1/s1. The van der Waals surface area contributed by atoms with E-state index in [1.165, 1.54) is 51.4 Å². The van der Waals surface area contributed by atoms with Crippen molar-refractivity contribution < 1.29 is 24.8 Å². The monoisotopic (exact) mass is 358 g/mol. The van der Waals surface area contributed by atoms with E-state index < -0.39 is 24.4 Å². The Morgan fingerprint density at radius 1 is 0.920 bits per heavy atom. The molecule has 0 bridgehead atoms. The van der Waals surface area contributed by atoms with Crippen LogP contribution in [0.2, 0.25) is 0 Å². The van der Waals surface area contributed by atoms with Crippen LogP contribution in [-0.4, -0.2) is 59.6 Å². The Morgan fingerprint density at radius 2 is 1.48 bits per heavy atom. The van der Waals surface area contributed by atoms with Gasteiger partial charge in [0.2, 0.25) is 0 Å². The van der Waals surface area contributed by atoms with Gasteiger partial charge in [0.15, 0.2) is 0 Å². The average Bonchev–Trinajstić information content (AvgIpc) is 2.62. The molecule has 1 rings (SSSR count). The summed E-state index contributed by atoms with van der Waals surface area (Å²) in [6.07, 6.45) is 12.4. The lowest BCUT2D eigenvalue weighted by molar-refractivity contribution is -0.211. The van der Waals surface area contributed by atoms with Gasteiger partial charge in [-0.1, -0.05) is 57.4 Å².